The number of likely N-dealkylation sites (N-methyl/N-ethyl adjacent to an activating group) is 2. The van der Waals surface area contributed by atoms with Gasteiger partial charge in [0.25, 0.3) is 10.0 Å². The first-order valence-corrected chi connectivity index (χ1v) is 10.5. The van der Waals surface area contributed by atoms with Crippen molar-refractivity contribution in [1.82, 2.24) is 9.34 Å². The molecule has 128 valence electrons. The second-order valence-electron chi connectivity index (χ2n) is 5.51. The molecule has 1 aromatic rings. The van der Waals surface area contributed by atoms with Gasteiger partial charge < -0.3 is 4.52 Å². The second kappa shape index (κ2) is 7.28. The molecule has 0 unspecified atom stereocenters. The van der Waals surface area contributed by atoms with Gasteiger partial charge in [-0.1, -0.05) is 29.8 Å². The van der Waals surface area contributed by atoms with E-state index in [1.54, 1.807) is 24.3 Å². The lowest BCUT2D eigenvalue weighted by Crippen LogP contribution is -2.17. The van der Waals surface area contributed by atoms with Crippen molar-refractivity contribution in [3.63, 3.8) is 0 Å². The Bertz CT molecular complexity index is 715. The van der Waals surface area contributed by atoms with Crippen molar-refractivity contribution in [2.24, 2.45) is 4.15 Å². The fraction of sp³-hybridized carbons (Fsp3) is 0.467. The highest BCUT2D eigenvalue weighted by atomic mass is 32.2. The summed E-state index contributed by atoms with van der Waals surface area (Å²) in [6.07, 6.45) is 3.73. The quantitative estimate of drug-likeness (QED) is 0.599. The topological polar surface area (TPSA) is 62.2 Å². The van der Waals surface area contributed by atoms with Crippen LogP contribution < -0.4 is 0 Å². The molecule has 1 aromatic carbocycles. The third-order valence-electron chi connectivity index (χ3n) is 3.75. The summed E-state index contributed by atoms with van der Waals surface area (Å²) in [5.74, 6) is 0. The van der Waals surface area contributed by atoms with Crippen LogP contribution >= 0.6 is 7.58 Å². The molecule has 1 aliphatic heterocycles. The fourth-order valence-electron chi connectivity index (χ4n) is 2.29. The minimum absolute atomic E-state index is 0.200. The zero-order valence-corrected chi connectivity index (χ0v) is 15.7. The van der Waals surface area contributed by atoms with Crippen LogP contribution in [0.15, 0.2) is 45.5 Å². The number of aryl methyl sites for hydroxylation is 1. The van der Waals surface area contributed by atoms with Crippen LogP contribution in [0, 0.1) is 6.92 Å². The average Bonchev–Trinajstić information content (AvgIpc) is 2.76. The fourth-order valence-corrected chi connectivity index (χ4v) is 7.36. The predicted molar refractivity (Wildman–Crippen MR) is 93.7 cm³/mol. The number of benzene rings is 1. The van der Waals surface area contributed by atoms with E-state index in [1.165, 1.54) is 0 Å². The van der Waals surface area contributed by atoms with Gasteiger partial charge in [-0.15, -0.1) is 4.15 Å². The lowest BCUT2D eigenvalue weighted by atomic mass is 10.2. The molecule has 8 heteroatoms. The minimum Gasteiger partial charge on any atom is -0.316 e. The molecule has 0 N–H and O–H groups in total. The Morgan fingerprint density at radius 3 is 2.30 bits per heavy atom. The SMILES string of the molecule is C/C=C\COP1(=NS(=O)(=O)c2ccc(C)cc2)N(C)CCN1C. The summed E-state index contributed by atoms with van der Waals surface area (Å²) in [5, 5.41) is 0. The lowest BCUT2D eigenvalue weighted by molar-refractivity contribution is 0.341. The molecule has 0 saturated carbocycles. The summed E-state index contributed by atoms with van der Waals surface area (Å²) in [5.41, 5.74) is 1.01. The molecule has 0 radical (unpaired) electrons. The van der Waals surface area contributed by atoms with E-state index >= 15 is 0 Å². The summed E-state index contributed by atoms with van der Waals surface area (Å²) in [6.45, 7) is 5.61. The van der Waals surface area contributed by atoms with Crippen molar-refractivity contribution < 1.29 is 12.9 Å². The normalized spacial score (nSPS) is 19.5. The molecule has 0 amide bonds. The summed E-state index contributed by atoms with van der Waals surface area (Å²) < 4.78 is 39.5. The zero-order chi connectivity index (χ0) is 17.1. The van der Waals surface area contributed by atoms with Gasteiger partial charge in [0.2, 0.25) is 7.58 Å². The molecule has 1 aliphatic rings. The van der Waals surface area contributed by atoms with Gasteiger partial charge >= 0.3 is 0 Å². The summed E-state index contributed by atoms with van der Waals surface area (Å²) >= 11 is 0. The monoisotopic (exact) mass is 357 g/mol. The predicted octanol–water partition coefficient (Wildman–Crippen LogP) is 3.10. The van der Waals surface area contributed by atoms with Crippen LogP contribution in [0.1, 0.15) is 12.5 Å². The number of nitrogens with zero attached hydrogens (tertiary/aromatic N) is 3. The first kappa shape index (κ1) is 18.4. The highest BCUT2D eigenvalue weighted by molar-refractivity contribution is 7.93. The Morgan fingerprint density at radius 2 is 1.78 bits per heavy atom. The number of hydrogen-bond acceptors (Lipinski definition) is 3. The maximum Gasteiger partial charge on any atom is 0.285 e. The van der Waals surface area contributed by atoms with Crippen molar-refractivity contribution >= 4 is 17.6 Å². The van der Waals surface area contributed by atoms with Crippen LogP contribution in [0.2, 0.25) is 0 Å². The second-order valence-corrected chi connectivity index (χ2v) is 10.2. The van der Waals surface area contributed by atoms with E-state index in [9.17, 15) is 8.42 Å². The van der Waals surface area contributed by atoms with Crippen molar-refractivity contribution in [1.29, 1.82) is 0 Å². The number of sulfonamides is 1. The van der Waals surface area contributed by atoms with Gasteiger partial charge in [0.05, 0.1) is 11.5 Å². The van der Waals surface area contributed by atoms with Gasteiger partial charge in [0.1, 0.15) is 0 Å². The van der Waals surface area contributed by atoms with Crippen LogP contribution in [0.25, 0.3) is 0 Å². The Hall–Kier alpha value is -0.980. The molecular formula is C15H24N3O3PS. The number of allylic oxidation sites excluding steroid dienone is 1. The lowest BCUT2D eigenvalue weighted by Gasteiger charge is -2.29. The van der Waals surface area contributed by atoms with Gasteiger partial charge in [0, 0.05) is 13.1 Å². The largest absolute Gasteiger partial charge is 0.316 e. The molecule has 6 nitrogen and oxygen atoms in total. The molecule has 1 saturated heterocycles. The van der Waals surface area contributed by atoms with Crippen LogP contribution in [0.5, 0.6) is 0 Å². The van der Waals surface area contributed by atoms with Gasteiger partial charge in [-0.25, -0.2) is 9.34 Å². The third-order valence-corrected chi connectivity index (χ3v) is 9.00. The van der Waals surface area contributed by atoms with E-state index in [1.807, 2.05) is 49.4 Å². The summed E-state index contributed by atoms with van der Waals surface area (Å²) in [6, 6.07) is 6.73. The standard InChI is InChI=1S/C15H24N3O3PS/c1-5-6-13-21-22(17(3)11-12-18(22)4)16-23(19,20)15-9-7-14(2)8-10-15/h5-10H,11-13H2,1-4H3/b6-5-. The van der Waals surface area contributed by atoms with Crippen molar-refractivity contribution in [3.05, 3.63) is 42.0 Å². The van der Waals surface area contributed by atoms with Gasteiger partial charge in [-0.05, 0) is 40.1 Å². The highest BCUT2D eigenvalue weighted by Gasteiger charge is 2.39. The smallest absolute Gasteiger partial charge is 0.285 e. The Morgan fingerprint density at radius 1 is 1.22 bits per heavy atom. The van der Waals surface area contributed by atoms with Gasteiger partial charge in [-0.3, -0.25) is 0 Å². The first-order chi connectivity index (χ1) is 10.8. The van der Waals surface area contributed by atoms with Gasteiger partial charge in [0.15, 0.2) is 0 Å². The molecule has 23 heavy (non-hydrogen) atoms. The molecule has 0 aliphatic carbocycles. The molecule has 2 rings (SSSR count). The minimum atomic E-state index is -3.78. The highest BCUT2D eigenvalue weighted by Crippen LogP contribution is 2.60. The van der Waals surface area contributed by atoms with E-state index in [0.29, 0.717) is 6.61 Å². The Kier molecular flexibility index (Phi) is 5.81. The zero-order valence-electron chi connectivity index (χ0n) is 14.0. The molecule has 0 bridgehead atoms. The van der Waals surface area contributed by atoms with Crippen molar-refractivity contribution in [2.45, 2.75) is 18.7 Å². The van der Waals surface area contributed by atoms with Crippen molar-refractivity contribution in [3.8, 4) is 0 Å². The van der Waals surface area contributed by atoms with E-state index in [0.717, 1.165) is 18.7 Å². The van der Waals surface area contributed by atoms with Crippen LogP contribution in [0.3, 0.4) is 0 Å². The Balaban J connectivity index is 2.49. The molecule has 0 atom stereocenters. The van der Waals surface area contributed by atoms with Crippen LogP contribution in [0.4, 0.5) is 0 Å². The van der Waals surface area contributed by atoms with Crippen molar-refractivity contribution in [2.75, 3.05) is 33.8 Å². The van der Waals surface area contributed by atoms with E-state index in [-0.39, 0.29) is 4.90 Å². The first-order valence-electron chi connectivity index (χ1n) is 7.46. The third kappa shape index (κ3) is 3.92. The maximum atomic E-state index is 12.7. The maximum absolute atomic E-state index is 12.7. The molecule has 0 aromatic heterocycles. The summed E-state index contributed by atoms with van der Waals surface area (Å²) in [7, 11) is -2.76. The average molecular weight is 357 g/mol. The number of rotatable bonds is 5. The Labute approximate surface area is 139 Å². The van der Waals surface area contributed by atoms with Crippen LogP contribution in [-0.4, -0.2) is 51.6 Å². The number of hydrogen-bond donors (Lipinski definition) is 0. The molecular weight excluding hydrogens is 333 g/mol. The molecule has 1 heterocycles. The summed E-state index contributed by atoms with van der Waals surface area (Å²) in [4.78, 5) is 0.200. The van der Waals surface area contributed by atoms with Crippen LogP contribution in [-0.2, 0) is 14.5 Å². The molecule has 1 fully saturated rings. The van der Waals surface area contributed by atoms with E-state index in [2.05, 4.69) is 4.15 Å². The molecule has 0 spiro atoms. The van der Waals surface area contributed by atoms with E-state index in [4.69, 9.17) is 4.52 Å². The van der Waals surface area contributed by atoms with E-state index < -0.39 is 17.6 Å². The van der Waals surface area contributed by atoms with Gasteiger partial charge in [-0.2, -0.15) is 8.42 Å².